The van der Waals surface area contributed by atoms with Gasteiger partial charge < -0.3 is 14.0 Å². The van der Waals surface area contributed by atoms with Crippen molar-refractivity contribution in [2.24, 2.45) is 7.05 Å². The molecule has 1 amide bonds. The van der Waals surface area contributed by atoms with Crippen LogP contribution in [0.1, 0.15) is 18.8 Å². The van der Waals surface area contributed by atoms with Crippen molar-refractivity contribution in [3.05, 3.63) is 53.0 Å². The van der Waals surface area contributed by atoms with Gasteiger partial charge in [-0.25, -0.2) is 4.98 Å². The molecule has 0 saturated carbocycles. The van der Waals surface area contributed by atoms with E-state index in [9.17, 15) is 9.59 Å². The number of rotatable bonds is 4. The molecule has 0 N–H and O–H groups in total. The number of hydrogen-bond donors (Lipinski definition) is 0. The molecule has 0 bridgehead atoms. The van der Waals surface area contributed by atoms with Crippen LogP contribution in [0.2, 0.25) is 0 Å². The van der Waals surface area contributed by atoms with Crippen molar-refractivity contribution in [3.8, 4) is 0 Å². The first kappa shape index (κ1) is 16.4. The van der Waals surface area contributed by atoms with Crippen LogP contribution in [0.4, 0.5) is 0 Å². The van der Waals surface area contributed by atoms with Gasteiger partial charge in [0, 0.05) is 51.3 Å². The van der Waals surface area contributed by atoms with E-state index in [0.717, 1.165) is 18.9 Å². The summed E-state index contributed by atoms with van der Waals surface area (Å²) in [5.41, 5.74) is -0.154. The summed E-state index contributed by atoms with van der Waals surface area (Å²) in [6.07, 6.45) is 5.36. The van der Waals surface area contributed by atoms with Gasteiger partial charge in [0.1, 0.15) is 12.4 Å². The van der Waals surface area contributed by atoms with Gasteiger partial charge in [-0.2, -0.15) is 0 Å². The van der Waals surface area contributed by atoms with Gasteiger partial charge in [-0.15, -0.1) is 0 Å². The Bertz CT molecular complexity index is 766. The maximum atomic E-state index is 12.6. The summed E-state index contributed by atoms with van der Waals surface area (Å²) in [5.74, 6) is 0.935. The Balaban J connectivity index is 1.75. The summed E-state index contributed by atoms with van der Waals surface area (Å²) in [5, 5.41) is 0. The summed E-state index contributed by atoms with van der Waals surface area (Å²) in [6.45, 7) is 5.20. The fourth-order valence-electron chi connectivity index (χ4n) is 3.21. The maximum absolute atomic E-state index is 12.6. The molecule has 128 valence electrons. The highest BCUT2D eigenvalue weighted by Crippen LogP contribution is 2.23. The zero-order valence-corrected chi connectivity index (χ0v) is 14.1. The summed E-state index contributed by atoms with van der Waals surface area (Å²) >= 11 is 0. The molecule has 3 rings (SSSR count). The van der Waals surface area contributed by atoms with Crippen molar-refractivity contribution in [1.29, 1.82) is 0 Å². The molecule has 1 unspecified atom stereocenters. The van der Waals surface area contributed by atoms with Crippen molar-refractivity contribution in [3.63, 3.8) is 0 Å². The number of carbonyl (C=O) groups is 1. The lowest BCUT2D eigenvalue weighted by atomic mass is 10.1. The summed E-state index contributed by atoms with van der Waals surface area (Å²) in [7, 11) is 1.97. The molecule has 0 aromatic carbocycles. The van der Waals surface area contributed by atoms with Crippen molar-refractivity contribution in [2.75, 3.05) is 26.2 Å². The second kappa shape index (κ2) is 7.00. The molecule has 7 heteroatoms. The average Bonchev–Trinajstić information content (AvgIpc) is 3.02. The number of aromatic nitrogens is 3. The smallest absolute Gasteiger partial charge is 0.250 e. The number of piperazine rings is 1. The number of nitrogens with zero attached hydrogens (tertiary/aromatic N) is 5. The number of likely N-dealkylation sites (N-methyl/N-ethyl adjacent to an activating group) is 1. The maximum Gasteiger partial charge on any atom is 0.250 e. The molecular weight excluding hydrogens is 306 g/mol. The summed E-state index contributed by atoms with van der Waals surface area (Å²) < 4.78 is 3.45. The minimum absolute atomic E-state index is 0.0294. The Hall–Kier alpha value is -2.41. The molecule has 0 spiro atoms. The number of carbonyl (C=O) groups excluding carboxylic acids is 1. The average molecular weight is 329 g/mol. The molecule has 2 aromatic rings. The van der Waals surface area contributed by atoms with Gasteiger partial charge in [0.05, 0.1) is 6.04 Å². The van der Waals surface area contributed by atoms with E-state index in [1.165, 1.54) is 10.6 Å². The summed E-state index contributed by atoms with van der Waals surface area (Å²) in [6, 6.07) is 5.00. The third kappa shape index (κ3) is 3.26. The summed E-state index contributed by atoms with van der Waals surface area (Å²) in [4.78, 5) is 33.1. The molecule has 1 aliphatic rings. The Morgan fingerprint density at radius 2 is 2.12 bits per heavy atom. The lowest BCUT2D eigenvalue weighted by Gasteiger charge is -2.40. The Morgan fingerprint density at radius 1 is 1.29 bits per heavy atom. The molecule has 1 saturated heterocycles. The Morgan fingerprint density at radius 3 is 2.79 bits per heavy atom. The third-order valence-corrected chi connectivity index (χ3v) is 4.61. The first-order valence-corrected chi connectivity index (χ1v) is 8.24. The highest BCUT2D eigenvalue weighted by Gasteiger charge is 2.31. The lowest BCUT2D eigenvalue weighted by molar-refractivity contribution is -0.135. The number of hydrogen-bond acceptors (Lipinski definition) is 4. The van der Waals surface area contributed by atoms with Gasteiger partial charge >= 0.3 is 0 Å². The predicted octanol–water partition coefficient (Wildman–Crippen LogP) is 0.487. The van der Waals surface area contributed by atoms with Crippen LogP contribution in [0, 0.1) is 0 Å². The molecule has 1 aliphatic heterocycles. The van der Waals surface area contributed by atoms with Crippen LogP contribution in [0.25, 0.3) is 0 Å². The van der Waals surface area contributed by atoms with Crippen LogP contribution in [-0.2, 0) is 18.4 Å². The van der Waals surface area contributed by atoms with E-state index >= 15 is 0 Å². The minimum atomic E-state index is -0.154. The number of amides is 1. The molecule has 0 radical (unpaired) electrons. The minimum Gasteiger partial charge on any atom is -0.338 e. The van der Waals surface area contributed by atoms with Crippen LogP contribution in [0.5, 0.6) is 0 Å². The van der Waals surface area contributed by atoms with Crippen molar-refractivity contribution in [2.45, 2.75) is 19.5 Å². The van der Waals surface area contributed by atoms with Gasteiger partial charge in [0.2, 0.25) is 5.91 Å². The largest absolute Gasteiger partial charge is 0.338 e. The van der Waals surface area contributed by atoms with Gasteiger partial charge in [-0.05, 0) is 12.6 Å². The standard InChI is InChI=1S/C17H23N5O2/c1-3-20-10-11-22(12-14(20)17-18-7-9-19(17)2)16(24)13-21-8-5-4-6-15(21)23/h4-9,14H,3,10-13H2,1-2H3. The van der Waals surface area contributed by atoms with Crippen molar-refractivity contribution in [1.82, 2.24) is 23.9 Å². The second-order valence-electron chi connectivity index (χ2n) is 6.05. The molecule has 1 fully saturated rings. The first-order chi connectivity index (χ1) is 11.6. The zero-order chi connectivity index (χ0) is 17.1. The monoisotopic (exact) mass is 329 g/mol. The highest BCUT2D eigenvalue weighted by molar-refractivity contribution is 5.76. The van der Waals surface area contributed by atoms with Gasteiger partial charge in [-0.3, -0.25) is 14.5 Å². The lowest BCUT2D eigenvalue weighted by Crippen LogP contribution is -2.51. The fraction of sp³-hybridized carbons (Fsp3) is 0.471. The Labute approximate surface area is 141 Å². The zero-order valence-electron chi connectivity index (χ0n) is 14.1. The molecule has 2 aromatic heterocycles. The van der Waals surface area contributed by atoms with E-state index in [1.807, 2.05) is 22.7 Å². The van der Waals surface area contributed by atoms with Crippen LogP contribution < -0.4 is 5.56 Å². The number of imidazole rings is 1. The molecule has 3 heterocycles. The molecule has 24 heavy (non-hydrogen) atoms. The van der Waals surface area contributed by atoms with E-state index < -0.39 is 0 Å². The molecule has 1 atom stereocenters. The van der Waals surface area contributed by atoms with Crippen LogP contribution >= 0.6 is 0 Å². The van der Waals surface area contributed by atoms with E-state index in [-0.39, 0.29) is 24.1 Å². The van der Waals surface area contributed by atoms with E-state index in [0.29, 0.717) is 13.1 Å². The highest BCUT2D eigenvalue weighted by atomic mass is 16.2. The van der Waals surface area contributed by atoms with E-state index in [2.05, 4.69) is 16.8 Å². The van der Waals surface area contributed by atoms with Crippen molar-refractivity contribution >= 4 is 5.91 Å². The van der Waals surface area contributed by atoms with Crippen LogP contribution in [-0.4, -0.2) is 56.0 Å². The Kier molecular flexibility index (Phi) is 4.80. The predicted molar refractivity (Wildman–Crippen MR) is 90.5 cm³/mol. The number of aryl methyl sites for hydroxylation is 1. The topological polar surface area (TPSA) is 63.4 Å². The number of pyridine rings is 1. The SMILES string of the molecule is CCN1CCN(C(=O)Cn2ccccc2=O)CC1c1nccn1C. The van der Waals surface area contributed by atoms with E-state index in [1.54, 1.807) is 24.5 Å². The first-order valence-electron chi connectivity index (χ1n) is 8.24. The molecule has 7 nitrogen and oxygen atoms in total. The third-order valence-electron chi connectivity index (χ3n) is 4.61. The molecule has 0 aliphatic carbocycles. The van der Waals surface area contributed by atoms with Gasteiger partial charge in [0.25, 0.3) is 5.56 Å². The van der Waals surface area contributed by atoms with Crippen molar-refractivity contribution < 1.29 is 4.79 Å². The normalized spacial score (nSPS) is 18.8. The van der Waals surface area contributed by atoms with Gasteiger partial charge in [-0.1, -0.05) is 13.0 Å². The molecular formula is C17H23N5O2. The van der Waals surface area contributed by atoms with Gasteiger partial charge in [0.15, 0.2) is 0 Å². The van der Waals surface area contributed by atoms with Crippen LogP contribution in [0.3, 0.4) is 0 Å². The van der Waals surface area contributed by atoms with E-state index in [4.69, 9.17) is 0 Å². The second-order valence-corrected chi connectivity index (χ2v) is 6.05. The quantitative estimate of drug-likeness (QED) is 0.819. The van der Waals surface area contributed by atoms with Crippen LogP contribution in [0.15, 0.2) is 41.6 Å². The fourth-order valence-corrected chi connectivity index (χ4v) is 3.21.